The van der Waals surface area contributed by atoms with E-state index in [-0.39, 0.29) is 47.2 Å². The van der Waals surface area contributed by atoms with E-state index in [9.17, 15) is 17.6 Å². The van der Waals surface area contributed by atoms with Crippen molar-refractivity contribution < 1.29 is 17.6 Å². The summed E-state index contributed by atoms with van der Waals surface area (Å²) in [6.45, 7) is 11.0. The van der Waals surface area contributed by atoms with Crippen molar-refractivity contribution in [3.8, 4) is 0 Å². The van der Waals surface area contributed by atoms with Gasteiger partial charge in [0.05, 0.1) is 5.75 Å². The van der Waals surface area contributed by atoms with Crippen LogP contribution in [0.25, 0.3) is 0 Å². The van der Waals surface area contributed by atoms with Gasteiger partial charge in [-0.15, -0.1) is 0 Å². The Kier molecular flexibility index (Phi) is 6.92. The minimum absolute atomic E-state index is 0.0135. The van der Waals surface area contributed by atoms with Crippen LogP contribution in [0.15, 0.2) is 24.3 Å². The molecule has 1 saturated heterocycles. The molecule has 1 fully saturated rings. The smallest absolute Gasteiger partial charge is 0.223 e. The molecule has 1 heterocycles. The number of nitrogens with zero attached hydrogens (tertiary/aromatic N) is 1. The zero-order valence-corrected chi connectivity index (χ0v) is 18.4. The summed E-state index contributed by atoms with van der Waals surface area (Å²) in [5.41, 5.74) is -0.0454. The third-order valence-corrected chi connectivity index (χ3v) is 6.78. The first kappa shape index (κ1) is 22.8. The highest BCUT2D eigenvalue weighted by molar-refractivity contribution is 7.88. The third kappa shape index (κ3) is 6.55. The molecule has 158 valence electrons. The van der Waals surface area contributed by atoms with Gasteiger partial charge in [-0.2, -0.15) is 0 Å². The van der Waals surface area contributed by atoms with Crippen molar-refractivity contribution in [3.63, 3.8) is 0 Å². The molecule has 0 aliphatic carbocycles. The average Bonchev–Trinajstić information content (AvgIpc) is 2.54. The van der Waals surface area contributed by atoms with Crippen LogP contribution in [0.2, 0.25) is 0 Å². The predicted octanol–water partition coefficient (Wildman–Crippen LogP) is 3.70. The van der Waals surface area contributed by atoms with Crippen LogP contribution in [-0.4, -0.2) is 37.3 Å². The number of rotatable bonds is 6. The maximum atomic E-state index is 13.8. The van der Waals surface area contributed by atoms with Crippen molar-refractivity contribution in [3.05, 3.63) is 35.6 Å². The van der Waals surface area contributed by atoms with Crippen molar-refractivity contribution in [1.29, 1.82) is 0 Å². The zero-order chi connectivity index (χ0) is 21.2. The highest BCUT2D eigenvalue weighted by Gasteiger charge is 2.34. The van der Waals surface area contributed by atoms with Crippen LogP contribution in [0.3, 0.4) is 0 Å². The molecule has 5 nitrogen and oxygen atoms in total. The van der Waals surface area contributed by atoms with Gasteiger partial charge in [-0.25, -0.2) is 17.1 Å². The fourth-order valence-electron chi connectivity index (χ4n) is 4.11. The second-order valence-electron chi connectivity index (χ2n) is 9.63. The number of carbonyl (C=O) groups excluding carboxylic acids is 1. The molecule has 0 saturated carbocycles. The largest absolute Gasteiger partial charge is 0.351 e. The van der Waals surface area contributed by atoms with E-state index in [0.29, 0.717) is 12.8 Å². The van der Waals surface area contributed by atoms with Crippen LogP contribution in [-0.2, 0) is 20.6 Å². The number of piperidine rings is 1. The Morgan fingerprint density at radius 3 is 2.25 bits per heavy atom. The Hall–Kier alpha value is -1.47. The van der Waals surface area contributed by atoms with Gasteiger partial charge in [0.1, 0.15) is 5.82 Å². The Labute approximate surface area is 168 Å². The molecule has 0 aromatic heterocycles. The molecule has 1 aliphatic heterocycles. The Balaban J connectivity index is 1.93. The molecule has 0 bridgehead atoms. The van der Waals surface area contributed by atoms with E-state index in [2.05, 4.69) is 26.1 Å². The van der Waals surface area contributed by atoms with Gasteiger partial charge in [0, 0.05) is 30.1 Å². The van der Waals surface area contributed by atoms with Crippen molar-refractivity contribution >= 4 is 15.9 Å². The number of benzene rings is 1. The zero-order valence-electron chi connectivity index (χ0n) is 17.6. The predicted molar refractivity (Wildman–Crippen MR) is 110 cm³/mol. The average molecular weight is 413 g/mol. The van der Waals surface area contributed by atoms with Crippen molar-refractivity contribution in [1.82, 2.24) is 9.62 Å². The number of hydrogen-bond acceptors (Lipinski definition) is 3. The SMILES string of the molecule is CC(C)(C)CC(C)(C)NC(=O)C1CCN(S(=O)(=O)Cc2ccccc2F)CC1. The van der Waals surface area contributed by atoms with Crippen molar-refractivity contribution in [2.75, 3.05) is 13.1 Å². The third-order valence-electron chi connectivity index (χ3n) is 4.95. The molecule has 1 N–H and O–H groups in total. The van der Waals surface area contributed by atoms with Gasteiger partial charge in [-0.1, -0.05) is 39.0 Å². The van der Waals surface area contributed by atoms with E-state index in [1.165, 1.54) is 22.5 Å². The molecule has 1 aromatic rings. The molecular formula is C21H33FN2O3S. The molecule has 0 spiro atoms. The summed E-state index contributed by atoms with van der Waals surface area (Å²) in [6.07, 6.45) is 1.81. The first-order valence-electron chi connectivity index (χ1n) is 9.82. The molecule has 28 heavy (non-hydrogen) atoms. The summed E-state index contributed by atoms with van der Waals surface area (Å²) in [5.74, 6) is -1.07. The lowest BCUT2D eigenvalue weighted by molar-refractivity contribution is -0.128. The van der Waals surface area contributed by atoms with Gasteiger partial charge in [-0.05, 0) is 44.6 Å². The fraction of sp³-hybridized carbons (Fsp3) is 0.667. The number of amides is 1. The first-order chi connectivity index (χ1) is 12.8. The Morgan fingerprint density at radius 2 is 1.71 bits per heavy atom. The quantitative estimate of drug-likeness (QED) is 0.775. The molecule has 1 aromatic carbocycles. The summed E-state index contributed by atoms with van der Waals surface area (Å²) < 4.78 is 40.4. The highest BCUT2D eigenvalue weighted by atomic mass is 32.2. The van der Waals surface area contributed by atoms with Gasteiger partial charge in [0.15, 0.2) is 0 Å². The molecule has 1 amide bonds. The van der Waals surface area contributed by atoms with Gasteiger partial charge in [0.25, 0.3) is 0 Å². The fourth-order valence-corrected chi connectivity index (χ4v) is 5.68. The second kappa shape index (κ2) is 8.49. The number of hydrogen-bond donors (Lipinski definition) is 1. The molecule has 7 heteroatoms. The molecule has 1 aliphatic rings. The molecule has 2 rings (SSSR count). The number of nitrogens with one attached hydrogen (secondary N) is 1. The van der Waals surface area contributed by atoms with Crippen molar-refractivity contribution in [2.24, 2.45) is 11.3 Å². The summed E-state index contributed by atoms with van der Waals surface area (Å²) in [5, 5.41) is 3.13. The normalized spacial score (nSPS) is 17.5. The van der Waals surface area contributed by atoms with Crippen LogP contribution in [0, 0.1) is 17.2 Å². The lowest BCUT2D eigenvalue weighted by Crippen LogP contribution is -2.50. The van der Waals surface area contributed by atoms with E-state index in [0.717, 1.165) is 6.42 Å². The minimum atomic E-state index is -3.61. The number of halogens is 1. The van der Waals surface area contributed by atoms with E-state index >= 15 is 0 Å². The summed E-state index contributed by atoms with van der Waals surface area (Å²) in [4.78, 5) is 12.7. The van der Waals surface area contributed by atoms with E-state index in [4.69, 9.17) is 0 Å². The lowest BCUT2D eigenvalue weighted by Gasteiger charge is -2.36. The monoisotopic (exact) mass is 412 g/mol. The van der Waals surface area contributed by atoms with Crippen LogP contribution in [0.4, 0.5) is 4.39 Å². The molecule has 0 atom stereocenters. The minimum Gasteiger partial charge on any atom is -0.351 e. The highest BCUT2D eigenvalue weighted by Crippen LogP contribution is 2.28. The molecule has 0 unspecified atom stereocenters. The second-order valence-corrected chi connectivity index (χ2v) is 11.6. The summed E-state index contributed by atoms with van der Waals surface area (Å²) in [7, 11) is -3.61. The van der Waals surface area contributed by atoms with Crippen LogP contribution < -0.4 is 5.32 Å². The summed E-state index contributed by atoms with van der Waals surface area (Å²) >= 11 is 0. The maximum absolute atomic E-state index is 13.8. The first-order valence-corrected chi connectivity index (χ1v) is 11.4. The molecule has 0 radical (unpaired) electrons. The lowest BCUT2D eigenvalue weighted by atomic mass is 9.81. The topological polar surface area (TPSA) is 66.5 Å². The Bertz CT molecular complexity index is 792. The van der Waals surface area contributed by atoms with E-state index in [1.54, 1.807) is 6.07 Å². The van der Waals surface area contributed by atoms with Gasteiger partial charge in [-0.3, -0.25) is 4.79 Å². The maximum Gasteiger partial charge on any atom is 0.223 e. The Morgan fingerprint density at radius 1 is 1.14 bits per heavy atom. The number of sulfonamides is 1. The van der Waals surface area contributed by atoms with Crippen LogP contribution >= 0.6 is 0 Å². The summed E-state index contributed by atoms with van der Waals surface area (Å²) in [6, 6.07) is 5.92. The standard InChI is InChI=1S/C21H33FN2O3S/c1-20(2,3)15-21(4,5)23-19(25)16-10-12-24(13-11-16)28(26,27)14-17-8-6-7-9-18(17)22/h6-9,16H,10-15H2,1-5H3,(H,23,25). The van der Waals surface area contributed by atoms with E-state index < -0.39 is 15.8 Å². The van der Waals surface area contributed by atoms with Gasteiger partial charge < -0.3 is 5.32 Å². The number of carbonyl (C=O) groups is 1. The molecular weight excluding hydrogens is 379 g/mol. The van der Waals surface area contributed by atoms with Crippen LogP contribution in [0.1, 0.15) is 59.4 Å². The van der Waals surface area contributed by atoms with Crippen molar-refractivity contribution in [2.45, 2.75) is 65.2 Å². The van der Waals surface area contributed by atoms with Gasteiger partial charge >= 0.3 is 0 Å². The van der Waals surface area contributed by atoms with Crippen LogP contribution in [0.5, 0.6) is 0 Å². The van der Waals surface area contributed by atoms with E-state index in [1.807, 2.05) is 13.8 Å². The van der Waals surface area contributed by atoms with Gasteiger partial charge in [0.2, 0.25) is 15.9 Å².